The Morgan fingerprint density at radius 1 is 1.25 bits per heavy atom. The third-order valence-electron chi connectivity index (χ3n) is 4.30. The maximum atomic E-state index is 12.2. The Kier molecular flexibility index (Phi) is 5.18. The third-order valence-corrected chi connectivity index (χ3v) is 4.30. The first-order chi connectivity index (χ1) is 9.58. The second-order valence-electron chi connectivity index (χ2n) is 6.23. The van der Waals surface area contributed by atoms with Crippen LogP contribution in [0.1, 0.15) is 32.3 Å². The van der Waals surface area contributed by atoms with Crippen molar-refractivity contribution in [3.8, 4) is 0 Å². The molecule has 1 saturated heterocycles. The summed E-state index contributed by atoms with van der Waals surface area (Å²) in [5, 5.41) is 0. The molecular formula is C17H26N2O. The maximum Gasteiger partial charge on any atom is 0.239 e. The van der Waals surface area contributed by atoms with Gasteiger partial charge in [0.2, 0.25) is 5.91 Å². The highest BCUT2D eigenvalue weighted by molar-refractivity contribution is 5.82. The fraction of sp³-hybridized carbons (Fsp3) is 0.588. The van der Waals surface area contributed by atoms with Crippen LogP contribution >= 0.6 is 0 Å². The zero-order valence-corrected chi connectivity index (χ0v) is 12.6. The zero-order chi connectivity index (χ0) is 14.5. The predicted molar refractivity (Wildman–Crippen MR) is 82.3 cm³/mol. The number of nitrogens with zero attached hydrogens (tertiary/aromatic N) is 1. The summed E-state index contributed by atoms with van der Waals surface area (Å²) in [6, 6.07) is 10.3. The highest BCUT2D eigenvalue weighted by Gasteiger charge is 2.27. The van der Waals surface area contributed by atoms with Crippen LogP contribution in [0.4, 0.5) is 0 Å². The van der Waals surface area contributed by atoms with Gasteiger partial charge in [-0.05, 0) is 36.7 Å². The normalized spacial score (nSPS) is 18.3. The lowest BCUT2D eigenvalue weighted by molar-refractivity contribution is -0.134. The number of rotatable bonds is 4. The summed E-state index contributed by atoms with van der Waals surface area (Å²) in [7, 11) is 0. The Morgan fingerprint density at radius 2 is 1.85 bits per heavy atom. The molecule has 0 aromatic heterocycles. The van der Waals surface area contributed by atoms with Gasteiger partial charge in [-0.2, -0.15) is 0 Å². The molecule has 0 saturated carbocycles. The lowest BCUT2D eigenvalue weighted by atomic mass is 9.89. The zero-order valence-electron chi connectivity index (χ0n) is 12.6. The molecule has 0 spiro atoms. The van der Waals surface area contributed by atoms with E-state index in [1.54, 1.807) is 0 Å². The molecule has 3 nitrogen and oxygen atoms in total. The molecule has 1 aliphatic heterocycles. The van der Waals surface area contributed by atoms with Crippen LogP contribution in [-0.4, -0.2) is 29.9 Å². The van der Waals surface area contributed by atoms with E-state index in [2.05, 4.69) is 30.3 Å². The molecule has 1 aromatic carbocycles. The second kappa shape index (κ2) is 6.89. The van der Waals surface area contributed by atoms with Gasteiger partial charge in [0.1, 0.15) is 0 Å². The lowest BCUT2D eigenvalue weighted by Gasteiger charge is -2.34. The number of hydrogen-bond donors (Lipinski definition) is 1. The number of nitrogens with two attached hydrogens (primary N) is 1. The minimum atomic E-state index is -0.347. The molecule has 2 rings (SSSR count). The van der Waals surface area contributed by atoms with Gasteiger partial charge in [-0.3, -0.25) is 4.79 Å². The number of amides is 1. The van der Waals surface area contributed by atoms with Gasteiger partial charge in [-0.15, -0.1) is 0 Å². The molecule has 1 aromatic rings. The van der Waals surface area contributed by atoms with Crippen LogP contribution in [0.15, 0.2) is 30.3 Å². The minimum Gasteiger partial charge on any atom is -0.341 e. The summed E-state index contributed by atoms with van der Waals surface area (Å²) in [6.07, 6.45) is 3.30. The van der Waals surface area contributed by atoms with Crippen LogP contribution in [0.25, 0.3) is 0 Å². The highest BCUT2D eigenvalue weighted by atomic mass is 16.2. The molecule has 1 aliphatic rings. The standard InChI is InChI=1S/C17H26N2O/c1-13(2)16(18)17(20)19-10-8-15(9-11-19)12-14-6-4-3-5-7-14/h3-7,13,15-16H,8-12,18H2,1-2H3/t16-/m1/s1. The number of carbonyl (C=O) groups is 1. The first kappa shape index (κ1) is 15.0. The van der Waals surface area contributed by atoms with E-state index in [-0.39, 0.29) is 17.9 Å². The molecule has 0 bridgehead atoms. The SMILES string of the molecule is CC(C)[C@@H](N)C(=O)N1CCC(Cc2ccccc2)CC1. The summed E-state index contributed by atoms with van der Waals surface area (Å²) in [5.74, 6) is 1.03. The van der Waals surface area contributed by atoms with E-state index >= 15 is 0 Å². The number of carbonyl (C=O) groups excluding carboxylic acids is 1. The van der Waals surface area contributed by atoms with Crippen LogP contribution in [-0.2, 0) is 11.2 Å². The summed E-state index contributed by atoms with van der Waals surface area (Å²) in [6.45, 7) is 5.73. The topological polar surface area (TPSA) is 46.3 Å². The highest BCUT2D eigenvalue weighted by Crippen LogP contribution is 2.22. The van der Waals surface area contributed by atoms with E-state index in [0.717, 1.165) is 32.4 Å². The summed E-state index contributed by atoms with van der Waals surface area (Å²) < 4.78 is 0. The molecule has 0 unspecified atom stereocenters. The van der Waals surface area contributed by atoms with Crippen molar-refractivity contribution >= 4 is 5.91 Å². The van der Waals surface area contributed by atoms with Gasteiger partial charge in [0.25, 0.3) is 0 Å². The number of benzene rings is 1. The molecular weight excluding hydrogens is 248 g/mol. The van der Waals surface area contributed by atoms with E-state index in [0.29, 0.717) is 5.92 Å². The van der Waals surface area contributed by atoms with Crippen LogP contribution in [0.2, 0.25) is 0 Å². The molecule has 3 heteroatoms. The molecule has 1 amide bonds. The third kappa shape index (κ3) is 3.83. The van der Waals surface area contributed by atoms with E-state index in [1.807, 2.05) is 18.7 Å². The van der Waals surface area contributed by atoms with Gasteiger partial charge < -0.3 is 10.6 Å². The van der Waals surface area contributed by atoms with Gasteiger partial charge in [0.05, 0.1) is 6.04 Å². The Bertz CT molecular complexity index is 422. The van der Waals surface area contributed by atoms with Crippen LogP contribution < -0.4 is 5.73 Å². The van der Waals surface area contributed by atoms with Crippen molar-refractivity contribution in [2.24, 2.45) is 17.6 Å². The summed E-state index contributed by atoms with van der Waals surface area (Å²) >= 11 is 0. The van der Waals surface area contributed by atoms with Crippen molar-refractivity contribution in [2.75, 3.05) is 13.1 Å². The smallest absolute Gasteiger partial charge is 0.239 e. The Balaban J connectivity index is 1.82. The molecule has 0 radical (unpaired) electrons. The number of likely N-dealkylation sites (tertiary alicyclic amines) is 1. The van der Waals surface area contributed by atoms with Gasteiger partial charge in [0, 0.05) is 13.1 Å². The lowest BCUT2D eigenvalue weighted by Crippen LogP contribution is -2.49. The van der Waals surface area contributed by atoms with Crippen LogP contribution in [0.3, 0.4) is 0 Å². The van der Waals surface area contributed by atoms with E-state index in [4.69, 9.17) is 5.73 Å². The van der Waals surface area contributed by atoms with Gasteiger partial charge in [0.15, 0.2) is 0 Å². The van der Waals surface area contributed by atoms with Gasteiger partial charge >= 0.3 is 0 Å². The molecule has 110 valence electrons. The fourth-order valence-corrected chi connectivity index (χ4v) is 2.80. The van der Waals surface area contributed by atoms with Crippen LogP contribution in [0.5, 0.6) is 0 Å². The largest absolute Gasteiger partial charge is 0.341 e. The second-order valence-corrected chi connectivity index (χ2v) is 6.23. The van der Waals surface area contributed by atoms with Gasteiger partial charge in [-0.25, -0.2) is 0 Å². The monoisotopic (exact) mass is 274 g/mol. The Morgan fingerprint density at radius 3 is 2.40 bits per heavy atom. The van der Waals surface area contributed by atoms with Crippen molar-refractivity contribution in [1.82, 2.24) is 4.90 Å². The first-order valence-electron chi connectivity index (χ1n) is 7.66. The average molecular weight is 274 g/mol. The van der Waals surface area contributed by atoms with Crippen molar-refractivity contribution < 1.29 is 4.79 Å². The average Bonchev–Trinajstić information content (AvgIpc) is 2.47. The Hall–Kier alpha value is -1.35. The van der Waals surface area contributed by atoms with E-state index < -0.39 is 0 Å². The van der Waals surface area contributed by atoms with Crippen molar-refractivity contribution in [2.45, 2.75) is 39.2 Å². The van der Waals surface area contributed by atoms with E-state index in [9.17, 15) is 4.79 Å². The van der Waals surface area contributed by atoms with E-state index in [1.165, 1.54) is 5.56 Å². The molecule has 1 heterocycles. The summed E-state index contributed by atoms with van der Waals surface area (Å²) in [5.41, 5.74) is 7.36. The first-order valence-corrected chi connectivity index (χ1v) is 7.66. The quantitative estimate of drug-likeness (QED) is 0.916. The molecule has 1 fully saturated rings. The van der Waals surface area contributed by atoms with Crippen molar-refractivity contribution in [1.29, 1.82) is 0 Å². The molecule has 1 atom stereocenters. The molecule has 2 N–H and O–H groups in total. The van der Waals surface area contributed by atoms with Gasteiger partial charge in [-0.1, -0.05) is 44.2 Å². The minimum absolute atomic E-state index is 0.123. The van der Waals surface area contributed by atoms with Crippen LogP contribution in [0, 0.1) is 11.8 Å². The Labute approximate surface area is 122 Å². The van der Waals surface area contributed by atoms with Crippen molar-refractivity contribution in [3.63, 3.8) is 0 Å². The predicted octanol–water partition coefficient (Wildman–Crippen LogP) is 2.45. The summed E-state index contributed by atoms with van der Waals surface area (Å²) in [4.78, 5) is 14.2. The maximum absolute atomic E-state index is 12.2. The number of piperidine rings is 1. The molecule has 0 aliphatic carbocycles. The van der Waals surface area contributed by atoms with Crippen molar-refractivity contribution in [3.05, 3.63) is 35.9 Å². The fourth-order valence-electron chi connectivity index (χ4n) is 2.80. The number of hydrogen-bond acceptors (Lipinski definition) is 2. The molecule has 20 heavy (non-hydrogen) atoms.